The van der Waals surface area contributed by atoms with Crippen LogP contribution in [-0.4, -0.2) is 6.61 Å². The smallest absolute Gasteiger partial charge is 0.130 e. The molecule has 98 valence electrons. The largest absolute Gasteiger partial charge is 0.493 e. The number of ether oxygens (including phenoxy) is 1. The zero-order valence-electron chi connectivity index (χ0n) is 11.6. The Morgan fingerprint density at radius 2 is 2.00 bits per heavy atom. The average Bonchev–Trinajstić information content (AvgIpc) is 2.37. The van der Waals surface area contributed by atoms with Crippen LogP contribution in [0.4, 0.5) is 0 Å². The maximum Gasteiger partial charge on any atom is 0.130 e. The van der Waals surface area contributed by atoms with Gasteiger partial charge in [-0.1, -0.05) is 25.5 Å². The molecule has 0 saturated heterocycles. The monoisotopic (exact) mass is 254 g/mol. The molecule has 0 radical (unpaired) electrons. The third-order valence-electron chi connectivity index (χ3n) is 2.66. The predicted octanol–water partition coefficient (Wildman–Crippen LogP) is 3.85. The Hall–Kier alpha value is -2.26. The van der Waals surface area contributed by atoms with Gasteiger partial charge in [0, 0.05) is 5.56 Å². The van der Waals surface area contributed by atoms with Crippen LogP contribution >= 0.6 is 0 Å². The van der Waals surface area contributed by atoms with Gasteiger partial charge < -0.3 is 4.74 Å². The highest BCUT2D eigenvalue weighted by Gasteiger charge is 2.04. The van der Waals surface area contributed by atoms with E-state index in [0.29, 0.717) is 18.3 Å². The molecule has 1 aromatic carbocycles. The first-order valence-corrected chi connectivity index (χ1v) is 6.32. The SMILES string of the molecule is Cc1ccc(OCCC(C)C)c(C=C(C#N)C#N)c1. The molecule has 0 N–H and O–H groups in total. The Balaban J connectivity index is 2.96. The lowest BCUT2D eigenvalue weighted by Crippen LogP contribution is -2.02. The fourth-order valence-electron chi connectivity index (χ4n) is 1.56. The van der Waals surface area contributed by atoms with Gasteiger partial charge in [0.05, 0.1) is 6.61 Å². The fraction of sp³-hybridized carbons (Fsp3) is 0.375. The molecule has 3 nitrogen and oxygen atoms in total. The highest BCUT2D eigenvalue weighted by atomic mass is 16.5. The van der Waals surface area contributed by atoms with E-state index in [-0.39, 0.29) is 5.57 Å². The summed E-state index contributed by atoms with van der Waals surface area (Å²) in [6.07, 6.45) is 2.54. The molecular weight excluding hydrogens is 236 g/mol. The molecule has 3 heteroatoms. The number of nitrogens with zero attached hydrogens (tertiary/aromatic N) is 2. The van der Waals surface area contributed by atoms with Gasteiger partial charge in [-0.15, -0.1) is 0 Å². The Bertz CT molecular complexity index is 529. The minimum absolute atomic E-state index is 0.0827. The highest BCUT2D eigenvalue weighted by molar-refractivity contribution is 5.66. The summed E-state index contributed by atoms with van der Waals surface area (Å²) in [4.78, 5) is 0. The Kier molecular flexibility index (Phi) is 5.64. The van der Waals surface area contributed by atoms with Crippen molar-refractivity contribution in [2.75, 3.05) is 6.61 Å². The van der Waals surface area contributed by atoms with Crippen molar-refractivity contribution in [2.45, 2.75) is 27.2 Å². The molecule has 0 unspecified atom stereocenters. The van der Waals surface area contributed by atoms with E-state index in [1.807, 2.05) is 37.3 Å². The summed E-state index contributed by atoms with van der Waals surface area (Å²) in [5, 5.41) is 17.6. The van der Waals surface area contributed by atoms with Crippen LogP contribution in [0.15, 0.2) is 23.8 Å². The number of hydrogen-bond donors (Lipinski definition) is 0. The minimum atomic E-state index is 0.0827. The van der Waals surface area contributed by atoms with Gasteiger partial charge in [0.1, 0.15) is 23.5 Å². The van der Waals surface area contributed by atoms with E-state index in [2.05, 4.69) is 13.8 Å². The molecule has 0 fully saturated rings. The van der Waals surface area contributed by atoms with Gasteiger partial charge in [-0.25, -0.2) is 0 Å². The second-order valence-corrected chi connectivity index (χ2v) is 4.85. The van der Waals surface area contributed by atoms with Crippen LogP contribution in [0.1, 0.15) is 31.4 Å². The summed E-state index contributed by atoms with van der Waals surface area (Å²) in [6, 6.07) is 9.49. The van der Waals surface area contributed by atoms with Gasteiger partial charge in [0.2, 0.25) is 0 Å². The summed E-state index contributed by atoms with van der Waals surface area (Å²) in [7, 11) is 0. The first-order chi connectivity index (χ1) is 9.06. The van der Waals surface area contributed by atoms with E-state index in [1.54, 1.807) is 6.08 Å². The molecule has 0 heterocycles. The maximum atomic E-state index is 8.81. The Labute approximate surface area is 114 Å². The van der Waals surface area contributed by atoms with Crippen molar-refractivity contribution in [2.24, 2.45) is 5.92 Å². The molecule has 0 aliphatic carbocycles. The second kappa shape index (κ2) is 7.24. The van der Waals surface area contributed by atoms with Crippen molar-refractivity contribution >= 4 is 6.08 Å². The quantitative estimate of drug-likeness (QED) is 0.750. The van der Waals surface area contributed by atoms with Gasteiger partial charge >= 0.3 is 0 Å². The predicted molar refractivity (Wildman–Crippen MR) is 75.3 cm³/mol. The van der Waals surface area contributed by atoms with Gasteiger partial charge in [-0.2, -0.15) is 10.5 Å². The van der Waals surface area contributed by atoms with E-state index >= 15 is 0 Å². The van der Waals surface area contributed by atoms with Gasteiger partial charge in [-0.3, -0.25) is 0 Å². The zero-order chi connectivity index (χ0) is 14.3. The molecule has 0 aliphatic heterocycles. The van der Waals surface area contributed by atoms with Crippen molar-refractivity contribution in [3.63, 3.8) is 0 Å². The fourth-order valence-corrected chi connectivity index (χ4v) is 1.56. The molecule has 0 atom stereocenters. The molecule has 0 aromatic heterocycles. The molecule has 0 spiro atoms. The molecular formula is C16H18N2O. The number of nitriles is 2. The first kappa shape index (κ1) is 14.8. The average molecular weight is 254 g/mol. The Morgan fingerprint density at radius 3 is 2.58 bits per heavy atom. The highest BCUT2D eigenvalue weighted by Crippen LogP contribution is 2.23. The molecule has 0 bridgehead atoms. The second-order valence-electron chi connectivity index (χ2n) is 4.85. The van der Waals surface area contributed by atoms with Crippen molar-refractivity contribution in [1.29, 1.82) is 10.5 Å². The van der Waals surface area contributed by atoms with Crippen molar-refractivity contribution < 1.29 is 4.74 Å². The van der Waals surface area contributed by atoms with Crippen LogP contribution in [0, 0.1) is 35.5 Å². The molecule has 0 amide bonds. The third kappa shape index (κ3) is 4.85. The van der Waals surface area contributed by atoms with Crippen LogP contribution in [-0.2, 0) is 0 Å². The minimum Gasteiger partial charge on any atom is -0.493 e. The van der Waals surface area contributed by atoms with E-state index in [1.165, 1.54) is 0 Å². The maximum absolute atomic E-state index is 8.81. The Morgan fingerprint density at radius 1 is 1.32 bits per heavy atom. The van der Waals surface area contributed by atoms with E-state index in [4.69, 9.17) is 15.3 Å². The molecule has 0 aliphatic rings. The molecule has 1 aromatic rings. The van der Waals surface area contributed by atoms with Gasteiger partial charge in [-0.05, 0) is 37.5 Å². The van der Waals surface area contributed by atoms with Crippen molar-refractivity contribution in [3.8, 4) is 17.9 Å². The van der Waals surface area contributed by atoms with E-state index in [0.717, 1.165) is 17.5 Å². The summed E-state index contributed by atoms with van der Waals surface area (Å²) in [5.74, 6) is 1.30. The molecule has 0 saturated carbocycles. The first-order valence-electron chi connectivity index (χ1n) is 6.32. The van der Waals surface area contributed by atoms with Crippen LogP contribution in [0.3, 0.4) is 0 Å². The lowest BCUT2D eigenvalue weighted by Gasteiger charge is -2.11. The van der Waals surface area contributed by atoms with Crippen LogP contribution < -0.4 is 4.74 Å². The van der Waals surface area contributed by atoms with Crippen LogP contribution in [0.25, 0.3) is 6.08 Å². The lowest BCUT2D eigenvalue weighted by molar-refractivity contribution is 0.289. The summed E-state index contributed by atoms with van der Waals surface area (Å²) in [6.45, 7) is 6.88. The summed E-state index contributed by atoms with van der Waals surface area (Å²) in [5.41, 5.74) is 1.93. The third-order valence-corrected chi connectivity index (χ3v) is 2.66. The van der Waals surface area contributed by atoms with Crippen LogP contribution in [0.5, 0.6) is 5.75 Å². The normalized spacial score (nSPS) is 9.58. The van der Waals surface area contributed by atoms with Gasteiger partial charge in [0.15, 0.2) is 0 Å². The zero-order valence-corrected chi connectivity index (χ0v) is 11.6. The number of benzene rings is 1. The molecule has 1 rings (SSSR count). The number of allylic oxidation sites excluding steroid dienone is 1. The standard InChI is InChI=1S/C16H18N2O/c1-12(2)6-7-19-16-5-4-13(3)8-15(16)9-14(10-17)11-18/h4-5,8-9,12H,6-7H2,1-3H3. The van der Waals surface area contributed by atoms with Crippen LogP contribution in [0.2, 0.25) is 0 Å². The molecule has 19 heavy (non-hydrogen) atoms. The topological polar surface area (TPSA) is 56.8 Å². The number of rotatable bonds is 5. The van der Waals surface area contributed by atoms with Crippen molar-refractivity contribution in [3.05, 3.63) is 34.9 Å². The number of hydrogen-bond acceptors (Lipinski definition) is 3. The van der Waals surface area contributed by atoms with Crippen molar-refractivity contribution in [1.82, 2.24) is 0 Å². The summed E-state index contributed by atoms with van der Waals surface area (Å²) < 4.78 is 5.73. The lowest BCUT2D eigenvalue weighted by atomic mass is 10.1. The summed E-state index contributed by atoms with van der Waals surface area (Å²) >= 11 is 0. The van der Waals surface area contributed by atoms with E-state index < -0.39 is 0 Å². The van der Waals surface area contributed by atoms with E-state index in [9.17, 15) is 0 Å². The number of aryl methyl sites for hydroxylation is 1. The van der Waals surface area contributed by atoms with Gasteiger partial charge in [0.25, 0.3) is 0 Å².